The second-order valence-electron chi connectivity index (χ2n) is 11.2. The molecule has 41 heavy (non-hydrogen) atoms. The lowest BCUT2D eigenvalue weighted by Crippen LogP contribution is -2.45. The molecule has 1 fully saturated rings. The van der Waals surface area contributed by atoms with Gasteiger partial charge in [-0.15, -0.1) is 0 Å². The van der Waals surface area contributed by atoms with Crippen molar-refractivity contribution in [3.05, 3.63) is 40.5 Å². The number of benzene rings is 2. The summed E-state index contributed by atoms with van der Waals surface area (Å²) in [6, 6.07) is 6.60. The number of alkyl carbamates (subject to hydrolysis) is 1. The van der Waals surface area contributed by atoms with Gasteiger partial charge in [-0.1, -0.05) is 29.3 Å². The van der Waals surface area contributed by atoms with Crippen molar-refractivity contribution in [1.82, 2.24) is 20.2 Å². The summed E-state index contributed by atoms with van der Waals surface area (Å²) < 4.78 is 16.3. The molecule has 3 atom stereocenters. The van der Waals surface area contributed by atoms with Crippen molar-refractivity contribution in [2.24, 2.45) is 5.92 Å². The normalized spacial score (nSPS) is 18.6. The number of rotatable bonds is 7. The van der Waals surface area contributed by atoms with Crippen LogP contribution >= 0.6 is 23.2 Å². The van der Waals surface area contributed by atoms with Gasteiger partial charge in [-0.25, -0.2) is 14.8 Å². The van der Waals surface area contributed by atoms with Crippen molar-refractivity contribution in [3.8, 4) is 22.6 Å². The third kappa shape index (κ3) is 6.87. The van der Waals surface area contributed by atoms with Crippen molar-refractivity contribution < 1.29 is 23.8 Å². The quantitative estimate of drug-likeness (QED) is 0.348. The molecule has 0 saturated heterocycles. The smallest absolute Gasteiger partial charge is 0.407 e. The molecule has 3 aromatic rings. The van der Waals surface area contributed by atoms with Gasteiger partial charge in [0.1, 0.15) is 17.1 Å². The Morgan fingerprint density at radius 1 is 1.00 bits per heavy atom. The van der Waals surface area contributed by atoms with Crippen LogP contribution in [0, 0.1) is 5.92 Å². The summed E-state index contributed by atoms with van der Waals surface area (Å²) in [5.74, 6) is 0.999. The average Bonchev–Trinajstić information content (AvgIpc) is 3.28. The van der Waals surface area contributed by atoms with Gasteiger partial charge in [0.15, 0.2) is 0 Å². The van der Waals surface area contributed by atoms with E-state index >= 15 is 0 Å². The lowest BCUT2D eigenvalue weighted by molar-refractivity contribution is -0.132. The molecule has 2 aromatic carbocycles. The van der Waals surface area contributed by atoms with Gasteiger partial charge < -0.3 is 29.7 Å². The minimum Gasteiger partial charge on any atom is -0.495 e. The Hall–Kier alpha value is -3.50. The van der Waals surface area contributed by atoms with E-state index in [0.29, 0.717) is 51.4 Å². The lowest BCUT2D eigenvalue weighted by atomic mass is 10.0. The van der Waals surface area contributed by atoms with Crippen LogP contribution in [0.25, 0.3) is 22.0 Å². The van der Waals surface area contributed by atoms with Crippen LogP contribution in [0.3, 0.4) is 0 Å². The zero-order chi connectivity index (χ0) is 30.1. The van der Waals surface area contributed by atoms with Crippen molar-refractivity contribution in [2.45, 2.75) is 51.3 Å². The van der Waals surface area contributed by atoms with Crippen LogP contribution in [0.1, 0.15) is 33.6 Å². The second kappa shape index (κ2) is 12.2. The Labute approximate surface area is 249 Å². The molecule has 1 heterocycles. The fourth-order valence-corrected chi connectivity index (χ4v) is 5.66. The first-order chi connectivity index (χ1) is 19.3. The number of halogens is 2. The topological polar surface area (TPSA) is 115 Å². The number of methoxy groups -OCH3 is 2. The molecule has 1 saturated carbocycles. The predicted molar refractivity (Wildman–Crippen MR) is 160 cm³/mol. The van der Waals surface area contributed by atoms with E-state index in [1.165, 1.54) is 14.2 Å². The number of anilines is 1. The number of amides is 2. The molecule has 0 aliphatic heterocycles. The maximum Gasteiger partial charge on any atom is 0.407 e. The highest BCUT2D eigenvalue weighted by Gasteiger charge is 2.40. The van der Waals surface area contributed by atoms with Gasteiger partial charge in [-0.2, -0.15) is 0 Å². The number of ether oxygens (including phenoxy) is 3. The molecule has 3 unspecified atom stereocenters. The largest absolute Gasteiger partial charge is 0.495 e. The number of carbonyl (C=O) groups is 2. The SMILES string of the molecule is COc1cc(OC)c(Cl)c(-c2ccc3nc(NC4CC(C(=O)N(C)C)CC4NC(=O)OC(C)(C)C)ncc3c2)c1Cl. The number of fused-ring (bicyclic) bond motifs is 1. The molecule has 1 aliphatic rings. The third-order valence-corrected chi connectivity index (χ3v) is 7.56. The Kier molecular flexibility index (Phi) is 9.03. The van der Waals surface area contributed by atoms with Crippen molar-refractivity contribution in [1.29, 1.82) is 0 Å². The number of aromatic nitrogens is 2. The van der Waals surface area contributed by atoms with Gasteiger partial charge in [0.25, 0.3) is 0 Å². The molecule has 4 rings (SSSR count). The van der Waals surface area contributed by atoms with E-state index in [-0.39, 0.29) is 23.9 Å². The first-order valence-electron chi connectivity index (χ1n) is 13.2. The molecule has 2 amide bonds. The van der Waals surface area contributed by atoms with Gasteiger partial charge in [0.2, 0.25) is 11.9 Å². The molecule has 12 heteroatoms. The molecule has 0 spiro atoms. The van der Waals surface area contributed by atoms with Crippen molar-refractivity contribution >= 4 is 52.1 Å². The number of hydrogen-bond acceptors (Lipinski definition) is 8. The van der Waals surface area contributed by atoms with Crippen LogP contribution in [0.2, 0.25) is 10.0 Å². The van der Waals surface area contributed by atoms with E-state index in [9.17, 15) is 9.59 Å². The van der Waals surface area contributed by atoms with Crippen molar-refractivity contribution in [2.75, 3.05) is 33.6 Å². The van der Waals surface area contributed by atoms with Crippen LogP contribution in [-0.4, -0.2) is 72.9 Å². The zero-order valence-electron chi connectivity index (χ0n) is 24.2. The van der Waals surface area contributed by atoms with Gasteiger partial charge >= 0.3 is 6.09 Å². The first-order valence-corrected chi connectivity index (χ1v) is 13.9. The van der Waals surface area contributed by atoms with Gasteiger partial charge in [0.05, 0.1) is 41.9 Å². The van der Waals surface area contributed by atoms with Crippen LogP contribution in [0.15, 0.2) is 30.5 Å². The Morgan fingerprint density at radius 3 is 2.22 bits per heavy atom. The predicted octanol–water partition coefficient (Wildman–Crippen LogP) is 5.79. The zero-order valence-corrected chi connectivity index (χ0v) is 25.7. The van der Waals surface area contributed by atoms with Crippen molar-refractivity contribution in [3.63, 3.8) is 0 Å². The number of carbonyl (C=O) groups excluding carboxylic acids is 2. The molecule has 220 valence electrons. The highest BCUT2D eigenvalue weighted by atomic mass is 35.5. The standard InChI is InChI=1S/C29H35Cl2N5O5/c1-29(2,3)41-28(38)35-20-12-16(26(37)36(4)5)11-19(20)34-27-32-14-17-10-15(8-9-18(17)33-27)23-24(30)21(39-6)13-22(40-7)25(23)31/h8-10,13-14,16,19-20H,11-12H2,1-7H3,(H,35,38)(H,32,33,34). The van der Waals surface area contributed by atoms with E-state index in [1.54, 1.807) is 52.0 Å². The summed E-state index contributed by atoms with van der Waals surface area (Å²) in [4.78, 5) is 36.1. The van der Waals surface area contributed by atoms with Gasteiger partial charge in [-0.05, 0) is 51.3 Å². The number of hydrogen-bond donors (Lipinski definition) is 2. The molecule has 1 aliphatic carbocycles. The second-order valence-corrected chi connectivity index (χ2v) is 11.9. The van der Waals surface area contributed by atoms with E-state index in [4.69, 9.17) is 37.4 Å². The number of nitrogens with zero attached hydrogens (tertiary/aromatic N) is 3. The van der Waals surface area contributed by atoms with Crippen LogP contribution in [0.4, 0.5) is 10.7 Å². The average molecular weight is 605 g/mol. The molecule has 10 nitrogen and oxygen atoms in total. The molecule has 1 aromatic heterocycles. The summed E-state index contributed by atoms with van der Waals surface area (Å²) in [6.07, 6.45) is 2.13. The molecule has 0 radical (unpaired) electrons. The van der Waals surface area contributed by atoms with Crippen LogP contribution in [0.5, 0.6) is 11.5 Å². The van der Waals surface area contributed by atoms with Gasteiger partial charge in [0, 0.05) is 43.2 Å². The monoisotopic (exact) mass is 603 g/mol. The molecule has 2 N–H and O–H groups in total. The fraction of sp³-hybridized carbons (Fsp3) is 0.448. The van der Waals surface area contributed by atoms with E-state index < -0.39 is 11.7 Å². The Morgan fingerprint density at radius 2 is 1.63 bits per heavy atom. The summed E-state index contributed by atoms with van der Waals surface area (Å²) in [7, 11) is 6.50. The lowest BCUT2D eigenvalue weighted by Gasteiger charge is -2.25. The molecular formula is C29H35Cl2N5O5. The number of nitrogens with one attached hydrogen (secondary N) is 2. The Bertz CT molecular complexity index is 1430. The van der Waals surface area contributed by atoms with E-state index in [1.807, 2.05) is 18.2 Å². The maximum absolute atomic E-state index is 12.7. The highest BCUT2D eigenvalue weighted by Crippen LogP contribution is 2.46. The highest BCUT2D eigenvalue weighted by molar-refractivity contribution is 6.41. The minimum absolute atomic E-state index is 0.00347. The van der Waals surface area contributed by atoms with Crippen LogP contribution in [-0.2, 0) is 9.53 Å². The maximum atomic E-state index is 12.7. The van der Waals surface area contributed by atoms with Crippen LogP contribution < -0.4 is 20.1 Å². The summed E-state index contributed by atoms with van der Waals surface area (Å²) in [5.41, 5.74) is 1.36. The van der Waals surface area contributed by atoms with E-state index in [2.05, 4.69) is 20.6 Å². The Balaban J connectivity index is 1.60. The fourth-order valence-electron chi connectivity index (χ4n) is 4.95. The first kappa shape index (κ1) is 30.5. The van der Waals surface area contributed by atoms with Gasteiger partial charge in [-0.3, -0.25) is 4.79 Å². The molecular weight excluding hydrogens is 569 g/mol. The van der Waals surface area contributed by atoms with E-state index in [0.717, 1.165) is 10.9 Å². The summed E-state index contributed by atoms with van der Waals surface area (Å²) in [6.45, 7) is 5.41. The molecule has 0 bridgehead atoms. The summed E-state index contributed by atoms with van der Waals surface area (Å²) in [5, 5.41) is 7.75. The minimum atomic E-state index is -0.644. The third-order valence-electron chi connectivity index (χ3n) is 6.81. The summed E-state index contributed by atoms with van der Waals surface area (Å²) >= 11 is 13.2.